The van der Waals surface area contributed by atoms with E-state index in [1.807, 2.05) is 40.3 Å². The van der Waals surface area contributed by atoms with Gasteiger partial charge in [0.2, 0.25) is 5.91 Å². The highest BCUT2D eigenvalue weighted by molar-refractivity contribution is 7.99. The number of anilines is 1. The van der Waals surface area contributed by atoms with Gasteiger partial charge in [0.05, 0.1) is 5.75 Å². The predicted molar refractivity (Wildman–Crippen MR) is 123 cm³/mol. The summed E-state index contributed by atoms with van der Waals surface area (Å²) in [6.07, 6.45) is 1.43. The average molecular weight is 471 g/mol. The Labute approximate surface area is 192 Å². The number of benzene rings is 2. The summed E-state index contributed by atoms with van der Waals surface area (Å²) in [6.45, 7) is 0.656. The molecule has 9 heteroatoms. The molecule has 0 fully saturated rings. The molecular formula is C23H20F2N4OS2. The van der Waals surface area contributed by atoms with Crippen LogP contribution in [0.3, 0.4) is 0 Å². The lowest BCUT2D eigenvalue weighted by Gasteiger charge is -2.11. The quantitative estimate of drug-likeness (QED) is 0.343. The molecule has 0 unspecified atom stereocenters. The Bertz CT molecular complexity index is 1160. The monoisotopic (exact) mass is 470 g/mol. The van der Waals surface area contributed by atoms with Crippen LogP contribution in [-0.2, 0) is 24.2 Å². The summed E-state index contributed by atoms with van der Waals surface area (Å²) in [4.78, 5) is 13.5. The average Bonchev–Trinajstić information content (AvgIpc) is 3.44. The van der Waals surface area contributed by atoms with Gasteiger partial charge in [0.15, 0.2) is 5.16 Å². The molecule has 0 bridgehead atoms. The Morgan fingerprint density at radius 1 is 1.00 bits per heavy atom. The van der Waals surface area contributed by atoms with E-state index in [1.54, 1.807) is 11.3 Å². The van der Waals surface area contributed by atoms with E-state index in [2.05, 4.69) is 27.6 Å². The molecule has 2 aromatic carbocycles. The van der Waals surface area contributed by atoms with E-state index in [1.165, 1.54) is 28.3 Å². The van der Waals surface area contributed by atoms with Crippen LogP contribution < -0.4 is 5.32 Å². The maximum Gasteiger partial charge on any atom is 0.235 e. The fourth-order valence-electron chi connectivity index (χ4n) is 3.16. The van der Waals surface area contributed by atoms with Gasteiger partial charge in [-0.3, -0.25) is 4.79 Å². The molecule has 4 aromatic rings. The standard InChI is InChI=1S/C23H20F2N4OS2/c24-18-9-4-10-19(25)22(18)26-21(30)15-32-23-28-27-20(14-17-8-5-13-31-17)29(23)12-11-16-6-2-1-3-7-16/h1-10,13H,11-12,14-15H2,(H,26,30). The van der Waals surface area contributed by atoms with Crippen LogP contribution in [0.2, 0.25) is 0 Å². The smallest absolute Gasteiger partial charge is 0.235 e. The minimum absolute atomic E-state index is 0.0454. The van der Waals surface area contributed by atoms with Gasteiger partial charge in [-0.2, -0.15) is 0 Å². The van der Waals surface area contributed by atoms with Crippen LogP contribution in [0.25, 0.3) is 0 Å². The zero-order valence-corrected chi connectivity index (χ0v) is 18.6. The van der Waals surface area contributed by atoms with Crippen LogP contribution in [0.1, 0.15) is 16.3 Å². The number of carbonyl (C=O) groups is 1. The second-order valence-electron chi connectivity index (χ2n) is 6.98. The van der Waals surface area contributed by atoms with Crippen molar-refractivity contribution in [2.24, 2.45) is 0 Å². The molecule has 0 saturated heterocycles. The molecule has 0 atom stereocenters. The maximum atomic E-state index is 13.8. The SMILES string of the molecule is O=C(CSc1nnc(Cc2cccs2)n1CCc1ccccc1)Nc1c(F)cccc1F. The third-order valence-corrected chi connectivity index (χ3v) is 6.58. The molecule has 0 aliphatic heterocycles. The second kappa shape index (κ2) is 10.5. The number of rotatable bonds is 9. The van der Waals surface area contributed by atoms with Crippen molar-refractivity contribution in [1.29, 1.82) is 0 Å². The highest BCUT2D eigenvalue weighted by atomic mass is 32.2. The predicted octanol–water partition coefficient (Wildman–Crippen LogP) is 5.18. The van der Waals surface area contributed by atoms with Crippen molar-refractivity contribution in [3.05, 3.63) is 93.9 Å². The van der Waals surface area contributed by atoms with Crippen molar-refractivity contribution in [3.63, 3.8) is 0 Å². The van der Waals surface area contributed by atoms with E-state index in [9.17, 15) is 13.6 Å². The highest BCUT2D eigenvalue weighted by Gasteiger charge is 2.17. The summed E-state index contributed by atoms with van der Waals surface area (Å²) in [5, 5.41) is 13.5. The van der Waals surface area contributed by atoms with Crippen LogP contribution in [0.5, 0.6) is 0 Å². The molecule has 2 aromatic heterocycles. The zero-order valence-electron chi connectivity index (χ0n) is 17.0. The summed E-state index contributed by atoms with van der Waals surface area (Å²) in [6, 6.07) is 17.6. The van der Waals surface area contributed by atoms with Crippen molar-refractivity contribution in [2.45, 2.75) is 24.5 Å². The Morgan fingerprint density at radius 2 is 1.78 bits per heavy atom. The molecule has 0 aliphatic rings. The molecule has 2 heterocycles. The van der Waals surface area contributed by atoms with Gasteiger partial charge in [-0.05, 0) is 35.6 Å². The first-order valence-electron chi connectivity index (χ1n) is 9.95. The Balaban J connectivity index is 1.47. The number of thiophene rings is 1. The van der Waals surface area contributed by atoms with Gasteiger partial charge >= 0.3 is 0 Å². The summed E-state index contributed by atoms with van der Waals surface area (Å²) in [5.41, 5.74) is 0.744. The third kappa shape index (κ3) is 5.60. The normalized spacial score (nSPS) is 10.9. The minimum atomic E-state index is -0.812. The van der Waals surface area contributed by atoms with Crippen molar-refractivity contribution in [3.8, 4) is 0 Å². The second-order valence-corrected chi connectivity index (χ2v) is 8.95. The van der Waals surface area contributed by atoms with Gasteiger partial charge in [0, 0.05) is 17.8 Å². The number of hydrogen-bond acceptors (Lipinski definition) is 5. The van der Waals surface area contributed by atoms with E-state index in [-0.39, 0.29) is 5.75 Å². The molecule has 1 N–H and O–H groups in total. The molecule has 1 amide bonds. The first-order valence-corrected chi connectivity index (χ1v) is 11.8. The first kappa shape index (κ1) is 22.2. The lowest BCUT2D eigenvalue weighted by atomic mass is 10.1. The molecular weight excluding hydrogens is 450 g/mol. The van der Waals surface area contributed by atoms with E-state index < -0.39 is 23.2 Å². The molecule has 164 valence electrons. The maximum absolute atomic E-state index is 13.8. The van der Waals surface area contributed by atoms with Crippen molar-refractivity contribution in [1.82, 2.24) is 14.8 Å². The van der Waals surface area contributed by atoms with Gasteiger partial charge in [0.1, 0.15) is 23.1 Å². The molecule has 0 saturated carbocycles. The largest absolute Gasteiger partial charge is 0.320 e. The summed E-state index contributed by atoms with van der Waals surface area (Å²) in [5.74, 6) is -1.38. The summed E-state index contributed by atoms with van der Waals surface area (Å²) >= 11 is 2.84. The van der Waals surface area contributed by atoms with Crippen LogP contribution in [0.4, 0.5) is 14.5 Å². The van der Waals surface area contributed by atoms with E-state index in [4.69, 9.17) is 0 Å². The Kier molecular flexibility index (Phi) is 7.28. The van der Waals surface area contributed by atoms with Gasteiger partial charge in [-0.1, -0.05) is 54.2 Å². The van der Waals surface area contributed by atoms with Crippen molar-refractivity contribution >= 4 is 34.7 Å². The number of nitrogens with one attached hydrogen (secondary N) is 1. The summed E-state index contributed by atoms with van der Waals surface area (Å²) in [7, 11) is 0. The number of hydrogen-bond donors (Lipinski definition) is 1. The number of aryl methyl sites for hydroxylation is 1. The number of aromatic nitrogens is 3. The van der Waals surface area contributed by atoms with Gasteiger partial charge < -0.3 is 9.88 Å². The van der Waals surface area contributed by atoms with Gasteiger partial charge in [-0.15, -0.1) is 21.5 Å². The number of amides is 1. The number of carbonyl (C=O) groups excluding carboxylic acids is 1. The van der Waals surface area contributed by atoms with Gasteiger partial charge in [0.25, 0.3) is 0 Å². The lowest BCUT2D eigenvalue weighted by Crippen LogP contribution is -2.17. The van der Waals surface area contributed by atoms with E-state index in [0.29, 0.717) is 18.1 Å². The number of nitrogens with zero attached hydrogens (tertiary/aromatic N) is 3. The Hall–Kier alpha value is -3.04. The Morgan fingerprint density at radius 3 is 2.50 bits per heavy atom. The highest BCUT2D eigenvalue weighted by Crippen LogP contribution is 2.23. The van der Waals surface area contributed by atoms with Crippen molar-refractivity contribution < 1.29 is 13.6 Å². The van der Waals surface area contributed by atoms with Crippen LogP contribution >= 0.6 is 23.1 Å². The molecule has 0 aliphatic carbocycles. The molecule has 4 rings (SSSR count). The van der Waals surface area contributed by atoms with Crippen LogP contribution in [0.15, 0.2) is 71.2 Å². The lowest BCUT2D eigenvalue weighted by molar-refractivity contribution is -0.113. The first-order chi connectivity index (χ1) is 15.6. The fourth-order valence-corrected chi connectivity index (χ4v) is 4.64. The van der Waals surface area contributed by atoms with Crippen LogP contribution in [0, 0.1) is 11.6 Å². The molecule has 0 radical (unpaired) electrons. The minimum Gasteiger partial charge on any atom is -0.320 e. The number of halogens is 2. The molecule has 0 spiro atoms. The summed E-state index contributed by atoms with van der Waals surface area (Å²) < 4.78 is 29.6. The zero-order chi connectivity index (χ0) is 22.3. The molecule has 32 heavy (non-hydrogen) atoms. The topological polar surface area (TPSA) is 59.8 Å². The van der Waals surface area contributed by atoms with E-state index >= 15 is 0 Å². The number of thioether (sulfide) groups is 1. The fraction of sp³-hybridized carbons (Fsp3) is 0.174. The third-order valence-electron chi connectivity index (χ3n) is 4.73. The van der Waals surface area contributed by atoms with Crippen LogP contribution in [-0.4, -0.2) is 26.4 Å². The van der Waals surface area contributed by atoms with Crippen molar-refractivity contribution in [2.75, 3.05) is 11.1 Å². The molecule has 5 nitrogen and oxygen atoms in total. The number of para-hydroxylation sites is 1. The van der Waals surface area contributed by atoms with E-state index in [0.717, 1.165) is 24.4 Å². The van der Waals surface area contributed by atoms with Gasteiger partial charge in [-0.25, -0.2) is 8.78 Å².